The van der Waals surface area contributed by atoms with Gasteiger partial charge in [0, 0.05) is 19.4 Å². The lowest BCUT2D eigenvalue weighted by molar-refractivity contribution is -0.132. The molecule has 2 heterocycles. The second-order valence-electron chi connectivity index (χ2n) is 8.54. The summed E-state index contributed by atoms with van der Waals surface area (Å²) >= 11 is 0. The Hall–Kier alpha value is -3.48. The molecule has 1 N–H and O–H groups in total. The van der Waals surface area contributed by atoms with Crippen LogP contribution in [0.3, 0.4) is 0 Å². The van der Waals surface area contributed by atoms with Crippen molar-refractivity contribution < 1.29 is 14.1 Å². The minimum absolute atomic E-state index is 0.0269. The first-order chi connectivity index (χ1) is 15.3. The minimum Gasteiger partial charge on any atom is -0.335 e. The quantitative estimate of drug-likeness (QED) is 0.634. The number of carbonyl (C=O) groups is 2. The van der Waals surface area contributed by atoms with E-state index in [9.17, 15) is 9.59 Å². The van der Waals surface area contributed by atoms with Gasteiger partial charge < -0.3 is 14.7 Å². The highest BCUT2D eigenvalue weighted by atomic mass is 16.5. The Morgan fingerprint density at radius 3 is 2.69 bits per heavy atom. The smallest absolute Gasteiger partial charge is 0.260 e. The molecule has 1 unspecified atom stereocenters. The highest BCUT2D eigenvalue weighted by Crippen LogP contribution is 2.34. The number of benzene rings is 2. The van der Waals surface area contributed by atoms with Crippen molar-refractivity contribution in [3.05, 3.63) is 65.0 Å². The molecule has 2 amide bonds. The Morgan fingerprint density at radius 1 is 1.19 bits per heavy atom. The van der Waals surface area contributed by atoms with Gasteiger partial charge in [0.25, 0.3) is 5.89 Å². The molecule has 32 heavy (non-hydrogen) atoms. The fourth-order valence-corrected chi connectivity index (χ4v) is 4.21. The van der Waals surface area contributed by atoms with Crippen molar-refractivity contribution in [2.24, 2.45) is 0 Å². The zero-order valence-corrected chi connectivity index (χ0v) is 18.9. The molecule has 1 aliphatic heterocycles. The van der Waals surface area contributed by atoms with E-state index in [1.54, 1.807) is 11.8 Å². The van der Waals surface area contributed by atoms with Crippen LogP contribution >= 0.6 is 0 Å². The molecular formula is C25H28N4O3. The number of aromatic nitrogens is 2. The van der Waals surface area contributed by atoms with Crippen molar-refractivity contribution >= 4 is 17.5 Å². The number of anilines is 1. The van der Waals surface area contributed by atoms with Crippen molar-refractivity contribution in [3.63, 3.8) is 0 Å². The Bertz CT molecular complexity index is 1150. The zero-order valence-electron chi connectivity index (χ0n) is 18.9. The maximum atomic E-state index is 13.2. The molecule has 0 saturated heterocycles. The first kappa shape index (κ1) is 21.7. The third-order valence-corrected chi connectivity index (χ3v) is 5.92. The van der Waals surface area contributed by atoms with E-state index >= 15 is 0 Å². The Balaban J connectivity index is 1.61. The molecule has 0 radical (unpaired) electrons. The third-order valence-electron chi connectivity index (χ3n) is 5.92. The summed E-state index contributed by atoms with van der Waals surface area (Å²) in [5.74, 6) is 0.938. The van der Waals surface area contributed by atoms with Crippen molar-refractivity contribution in [2.45, 2.75) is 52.5 Å². The van der Waals surface area contributed by atoms with E-state index in [1.165, 1.54) is 5.56 Å². The molecule has 1 aromatic heterocycles. The summed E-state index contributed by atoms with van der Waals surface area (Å²) < 4.78 is 5.47. The fraction of sp³-hybridized carbons (Fsp3) is 0.360. The maximum absolute atomic E-state index is 13.2. The number of nitrogens with zero attached hydrogens (tertiary/aromatic N) is 3. The topological polar surface area (TPSA) is 88.3 Å². The van der Waals surface area contributed by atoms with Gasteiger partial charge in [0.15, 0.2) is 5.82 Å². The van der Waals surface area contributed by atoms with Crippen LogP contribution in [0.4, 0.5) is 5.69 Å². The van der Waals surface area contributed by atoms with Gasteiger partial charge in [0.05, 0.1) is 23.7 Å². The van der Waals surface area contributed by atoms with Gasteiger partial charge in [-0.2, -0.15) is 4.98 Å². The van der Waals surface area contributed by atoms with Crippen LogP contribution in [0.15, 0.2) is 47.0 Å². The predicted octanol–water partition coefficient (Wildman–Crippen LogP) is 4.64. The van der Waals surface area contributed by atoms with Crippen LogP contribution in [-0.4, -0.2) is 33.4 Å². The molecule has 0 fully saturated rings. The number of hydrogen-bond donors (Lipinski definition) is 1. The number of carbonyl (C=O) groups excluding carboxylic acids is 2. The molecule has 4 rings (SSSR count). The number of para-hydroxylation sites is 1. The van der Waals surface area contributed by atoms with Crippen molar-refractivity contribution in [1.29, 1.82) is 0 Å². The average Bonchev–Trinajstić information content (AvgIpc) is 3.25. The largest absolute Gasteiger partial charge is 0.335 e. The minimum atomic E-state index is -0.291. The van der Waals surface area contributed by atoms with E-state index < -0.39 is 0 Å². The SMILES string of the molecule is CC(=O)N1CCc2ccccc2C1CC(=O)Nc1c(C)cccc1-c1nc(C(C)C)no1. The van der Waals surface area contributed by atoms with E-state index in [0.29, 0.717) is 29.5 Å². The van der Waals surface area contributed by atoms with Gasteiger partial charge >= 0.3 is 0 Å². The lowest BCUT2D eigenvalue weighted by atomic mass is 9.90. The molecule has 7 nitrogen and oxygen atoms in total. The number of hydrogen-bond acceptors (Lipinski definition) is 5. The first-order valence-corrected chi connectivity index (χ1v) is 10.9. The van der Waals surface area contributed by atoms with E-state index in [2.05, 4.69) is 21.5 Å². The molecule has 0 bridgehead atoms. The van der Waals surface area contributed by atoms with Crippen LogP contribution in [0.1, 0.15) is 61.7 Å². The monoisotopic (exact) mass is 432 g/mol. The highest BCUT2D eigenvalue weighted by molar-refractivity contribution is 5.96. The number of aryl methyl sites for hydroxylation is 1. The Kier molecular flexibility index (Phi) is 6.08. The van der Waals surface area contributed by atoms with Crippen LogP contribution in [0, 0.1) is 6.92 Å². The normalized spacial score (nSPS) is 15.5. The molecule has 0 aliphatic carbocycles. The van der Waals surface area contributed by atoms with Crippen molar-refractivity contribution in [1.82, 2.24) is 15.0 Å². The Labute approximate surface area is 187 Å². The summed E-state index contributed by atoms with van der Waals surface area (Å²) in [6, 6.07) is 13.4. The lowest BCUT2D eigenvalue weighted by Crippen LogP contribution is -2.40. The summed E-state index contributed by atoms with van der Waals surface area (Å²) in [6.07, 6.45) is 0.969. The summed E-state index contributed by atoms with van der Waals surface area (Å²) in [5.41, 5.74) is 4.45. The highest BCUT2D eigenvalue weighted by Gasteiger charge is 2.31. The maximum Gasteiger partial charge on any atom is 0.260 e. The van der Waals surface area contributed by atoms with E-state index in [0.717, 1.165) is 17.5 Å². The van der Waals surface area contributed by atoms with Crippen LogP contribution in [0.5, 0.6) is 0 Å². The molecular weight excluding hydrogens is 404 g/mol. The molecule has 7 heteroatoms. The predicted molar refractivity (Wildman–Crippen MR) is 122 cm³/mol. The van der Waals surface area contributed by atoms with Gasteiger partial charge in [-0.15, -0.1) is 0 Å². The summed E-state index contributed by atoms with van der Waals surface area (Å²) in [5, 5.41) is 7.10. The van der Waals surface area contributed by atoms with Crippen molar-refractivity contribution in [2.75, 3.05) is 11.9 Å². The molecule has 1 atom stereocenters. The molecule has 1 aliphatic rings. The summed E-state index contributed by atoms with van der Waals surface area (Å²) in [4.78, 5) is 31.7. The van der Waals surface area contributed by atoms with Gasteiger partial charge in [-0.1, -0.05) is 55.4 Å². The standard InChI is InChI=1S/C25H28N4O3/c1-15(2)24-27-25(32-28-24)20-11-7-8-16(3)23(20)26-22(31)14-21-19-10-6-5-9-18(19)12-13-29(21)17(4)30/h5-11,15,21H,12-14H2,1-4H3,(H,26,31). The van der Waals surface area contributed by atoms with Crippen LogP contribution in [-0.2, 0) is 16.0 Å². The summed E-state index contributed by atoms with van der Waals surface area (Å²) in [7, 11) is 0. The molecule has 166 valence electrons. The Morgan fingerprint density at radius 2 is 1.97 bits per heavy atom. The number of nitrogens with one attached hydrogen (secondary N) is 1. The zero-order chi connectivity index (χ0) is 22.8. The fourth-order valence-electron chi connectivity index (χ4n) is 4.21. The second kappa shape index (κ2) is 8.94. The van der Waals surface area contributed by atoms with Gasteiger partial charge in [-0.3, -0.25) is 9.59 Å². The number of amides is 2. The van der Waals surface area contributed by atoms with E-state index in [-0.39, 0.29) is 30.2 Å². The van der Waals surface area contributed by atoms with Gasteiger partial charge in [-0.05, 0) is 36.1 Å². The first-order valence-electron chi connectivity index (χ1n) is 10.9. The van der Waals surface area contributed by atoms with E-state index in [1.807, 2.05) is 57.2 Å². The number of fused-ring (bicyclic) bond motifs is 1. The molecule has 0 saturated carbocycles. The van der Waals surface area contributed by atoms with Crippen molar-refractivity contribution in [3.8, 4) is 11.5 Å². The average molecular weight is 433 g/mol. The van der Waals surface area contributed by atoms with Gasteiger partial charge in [0.1, 0.15) is 0 Å². The van der Waals surface area contributed by atoms with Gasteiger partial charge in [0.2, 0.25) is 11.8 Å². The molecule has 2 aromatic carbocycles. The summed E-state index contributed by atoms with van der Waals surface area (Å²) in [6.45, 7) is 8.09. The molecule has 0 spiro atoms. The van der Waals surface area contributed by atoms with Gasteiger partial charge in [-0.25, -0.2) is 0 Å². The van der Waals surface area contributed by atoms with E-state index in [4.69, 9.17) is 4.52 Å². The van der Waals surface area contributed by atoms with Crippen LogP contribution in [0.2, 0.25) is 0 Å². The third kappa shape index (κ3) is 4.28. The lowest BCUT2D eigenvalue weighted by Gasteiger charge is -2.36. The number of rotatable bonds is 5. The molecule has 3 aromatic rings. The second-order valence-corrected chi connectivity index (χ2v) is 8.54. The van der Waals surface area contributed by atoms with Crippen LogP contribution in [0.25, 0.3) is 11.5 Å². The van der Waals surface area contributed by atoms with Crippen LogP contribution < -0.4 is 5.32 Å².